The van der Waals surface area contributed by atoms with Crippen LogP contribution in [-0.4, -0.2) is 17.2 Å². The van der Waals surface area contributed by atoms with Crippen LogP contribution in [0.5, 0.6) is 11.5 Å². The molecule has 0 spiro atoms. The molecule has 106 valence electrons. The summed E-state index contributed by atoms with van der Waals surface area (Å²) in [6.45, 7) is 1.99. The van der Waals surface area contributed by atoms with Gasteiger partial charge in [-0.05, 0) is 25.1 Å². The summed E-state index contributed by atoms with van der Waals surface area (Å²) in [7, 11) is 1.58. The van der Waals surface area contributed by atoms with E-state index in [1.54, 1.807) is 50.7 Å². The van der Waals surface area contributed by atoms with E-state index in [9.17, 15) is 5.11 Å². The minimum absolute atomic E-state index is 0.300. The minimum atomic E-state index is -0.621. The van der Waals surface area contributed by atoms with Crippen LogP contribution in [0.25, 0.3) is 0 Å². The smallest absolute Gasteiger partial charge is 0.129 e. The van der Waals surface area contributed by atoms with Crippen molar-refractivity contribution in [3.8, 4) is 11.5 Å². The molecule has 2 rings (SSSR count). The van der Waals surface area contributed by atoms with Crippen LogP contribution in [0.15, 0.2) is 36.7 Å². The van der Waals surface area contributed by atoms with Crippen LogP contribution in [0, 0.1) is 0 Å². The maximum atomic E-state index is 9.76. The van der Waals surface area contributed by atoms with Crippen molar-refractivity contribution in [2.45, 2.75) is 19.6 Å². The molecule has 4 nitrogen and oxygen atoms in total. The first-order valence-corrected chi connectivity index (χ1v) is 6.57. The van der Waals surface area contributed by atoms with Gasteiger partial charge in [-0.1, -0.05) is 11.6 Å². The number of pyridine rings is 1. The van der Waals surface area contributed by atoms with E-state index < -0.39 is 6.10 Å². The third kappa shape index (κ3) is 3.40. The molecule has 1 aromatic heterocycles. The highest BCUT2D eigenvalue weighted by Gasteiger charge is 2.11. The molecule has 1 aromatic carbocycles. The summed E-state index contributed by atoms with van der Waals surface area (Å²) >= 11 is 6.03. The first-order valence-electron chi connectivity index (χ1n) is 6.19. The molecule has 20 heavy (non-hydrogen) atoms. The van der Waals surface area contributed by atoms with Gasteiger partial charge in [-0.3, -0.25) is 4.98 Å². The zero-order valence-electron chi connectivity index (χ0n) is 11.3. The lowest BCUT2D eigenvalue weighted by molar-refractivity contribution is 0.190. The molecule has 2 aromatic rings. The van der Waals surface area contributed by atoms with Gasteiger partial charge in [0.15, 0.2) is 0 Å². The molecule has 0 aliphatic carbocycles. The Morgan fingerprint density at radius 3 is 2.80 bits per heavy atom. The summed E-state index contributed by atoms with van der Waals surface area (Å²) < 4.78 is 10.9. The maximum Gasteiger partial charge on any atom is 0.129 e. The summed E-state index contributed by atoms with van der Waals surface area (Å²) in [5.41, 5.74) is 1.54. The van der Waals surface area contributed by atoms with Gasteiger partial charge in [0.25, 0.3) is 0 Å². The Morgan fingerprint density at radius 1 is 1.35 bits per heavy atom. The molecular formula is C15H16ClNO3. The zero-order chi connectivity index (χ0) is 14.5. The molecule has 0 saturated heterocycles. The van der Waals surface area contributed by atoms with Crippen LogP contribution in [0.2, 0.25) is 5.02 Å². The summed E-state index contributed by atoms with van der Waals surface area (Å²) in [5, 5.41) is 10.3. The van der Waals surface area contributed by atoms with Gasteiger partial charge in [0.05, 0.1) is 18.2 Å². The summed E-state index contributed by atoms with van der Waals surface area (Å²) in [4.78, 5) is 3.93. The van der Waals surface area contributed by atoms with Gasteiger partial charge in [-0.2, -0.15) is 0 Å². The van der Waals surface area contributed by atoms with Gasteiger partial charge in [-0.15, -0.1) is 0 Å². The van der Waals surface area contributed by atoms with Crippen molar-refractivity contribution >= 4 is 11.6 Å². The number of aliphatic hydroxyl groups is 1. The SMILES string of the molecule is COc1ccc([C@H](C)O)c(OCc2ccncc2Cl)c1. The Kier molecular flexibility index (Phi) is 4.82. The molecule has 0 radical (unpaired) electrons. The second-order valence-corrected chi connectivity index (χ2v) is 4.74. The number of aliphatic hydroxyl groups excluding tert-OH is 1. The van der Waals surface area contributed by atoms with Gasteiger partial charge in [-0.25, -0.2) is 0 Å². The van der Waals surface area contributed by atoms with Crippen LogP contribution in [0.3, 0.4) is 0 Å². The van der Waals surface area contributed by atoms with Gasteiger partial charge in [0.1, 0.15) is 18.1 Å². The Hall–Kier alpha value is -1.78. The number of halogens is 1. The molecule has 1 heterocycles. The van der Waals surface area contributed by atoms with Crippen molar-refractivity contribution in [3.63, 3.8) is 0 Å². The summed E-state index contributed by atoms with van der Waals surface area (Å²) in [5.74, 6) is 1.25. The Labute approximate surface area is 122 Å². The van der Waals surface area contributed by atoms with Crippen molar-refractivity contribution in [1.82, 2.24) is 4.98 Å². The average molecular weight is 294 g/mol. The van der Waals surface area contributed by atoms with E-state index in [4.69, 9.17) is 21.1 Å². The third-order valence-corrected chi connectivity index (χ3v) is 3.25. The Balaban J connectivity index is 2.21. The highest BCUT2D eigenvalue weighted by atomic mass is 35.5. The fourth-order valence-electron chi connectivity index (χ4n) is 1.79. The van der Waals surface area contributed by atoms with E-state index >= 15 is 0 Å². The number of hydrogen-bond acceptors (Lipinski definition) is 4. The molecule has 0 unspecified atom stereocenters. The van der Waals surface area contributed by atoms with Gasteiger partial charge >= 0.3 is 0 Å². The average Bonchev–Trinajstić information content (AvgIpc) is 2.46. The van der Waals surface area contributed by atoms with Crippen LogP contribution in [-0.2, 0) is 6.61 Å². The van der Waals surface area contributed by atoms with Crippen molar-refractivity contribution in [1.29, 1.82) is 0 Å². The number of methoxy groups -OCH3 is 1. The lowest BCUT2D eigenvalue weighted by atomic mass is 10.1. The number of benzene rings is 1. The van der Waals surface area contributed by atoms with E-state index in [-0.39, 0.29) is 0 Å². The van der Waals surface area contributed by atoms with Gasteiger partial charge in [0, 0.05) is 29.6 Å². The van der Waals surface area contributed by atoms with Crippen LogP contribution in [0.4, 0.5) is 0 Å². The highest BCUT2D eigenvalue weighted by Crippen LogP contribution is 2.30. The van der Waals surface area contributed by atoms with E-state index in [0.29, 0.717) is 28.7 Å². The fourth-order valence-corrected chi connectivity index (χ4v) is 1.96. The minimum Gasteiger partial charge on any atom is -0.497 e. The van der Waals surface area contributed by atoms with Gasteiger partial charge in [0.2, 0.25) is 0 Å². The van der Waals surface area contributed by atoms with E-state index in [1.165, 1.54) is 0 Å². The highest BCUT2D eigenvalue weighted by molar-refractivity contribution is 6.31. The maximum absolute atomic E-state index is 9.76. The number of hydrogen-bond donors (Lipinski definition) is 1. The Morgan fingerprint density at radius 2 is 2.15 bits per heavy atom. The molecule has 5 heteroatoms. The van der Waals surface area contributed by atoms with Crippen molar-refractivity contribution in [2.24, 2.45) is 0 Å². The fraction of sp³-hybridized carbons (Fsp3) is 0.267. The number of rotatable bonds is 5. The summed E-state index contributed by atoms with van der Waals surface area (Å²) in [6, 6.07) is 7.11. The molecule has 1 atom stereocenters. The second-order valence-electron chi connectivity index (χ2n) is 4.34. The lowest BCUT2D eigenvalue weighted by Crippen LogP contribution is -2.02. The van der Waals surface area contributed by atoms with Crippen molar-refractivity contribution < 1.29 is 14.6 Å². The summed E-state index contributed by atoms with van der Waals surface area (Å²) in [6.07, 6.45) is 2.61. The quantitative estimate of drug-likeness (QED) is 0.918. The second kappa shape index (κ2) is 6.59. The van der Waals surface area contributed by atoms with Crippen LogP contribution < -0.4 is 9.47 Å². The molecule has 0 aliphatic rings. The molecule has 0 amide bonds. The van der Waals surface area contributed by atoms with Crippen LogP contribution in [0.1, 0.15) is 24.2 Å². The monoisotopic (exact) mass is 293 g/mol. The molecule has 0 saturated carbocycles. The Bertz CT molecular complexity index is 587. The topological polar surface area (TPSA) is 51.6 Å². The van der Waals surface area contributed by atoms with Crippen LogP contribution >= 0.6 is 11.6 Å². The number of ether oxygens (including phenoxy) is 2. The van der Waals surface area contributed by atoms with Crippen molar-refractivity contribution in [2.75, 3.05) is 7.11 Å². The predicted octanol–water partition coefficient (Wildman–Crippen LogP) is 3.38. The first-order chi connectivity index (χ1) is 9.61. The van der Waals surface area contributed by atoms with Crippen molar-refractivity contribution in [3.05, 3.63) is 52.8 Å². The van der Waals surface area contributed by atoms with E-state index in [0.717, 1.165) is 5.56 Å². The van der Waals surface area contributed by atoms with E-state index in [1.807, 2.05) is 0 Å². The normalized spacial score (nSPS) is 12.0. The zero-order valence-corrected chi connectivity index (χ0v) is 12.1. The van der Waals surface area contributed by atoms with Gasteiger partial charge < -0.3 is 14.6 Å². The third-order valence-electron chi connectivity index (χ3n) is 2.91. The van der Waals surface area contributed by atoms with E-state index in [2.05, 4.69) is 4.98 Å². The first kappa shape index (κ1) is 14.6. The number of aromatic nitrogens is 1. The lowest BCUT2D eigenvalue weighted by Gasteiger charge is -2.15. The predicted molar refractivity (Wildman–Crippen MR) is 77.2 cm³/mol. The molecular weight excluding hydrogens is 278 g/mol. The molecule has 0 aliphatic heterocycles. The molecule has 1 N–H and O–H groups in total. The largest absolute Gasteiger partial charge is 0.497 e. The number of nitrogens with zero attached hydrogens (tertiary/aromatic N) is 1. The standard InChI is InChI=1S/C15H16ClNO3/c1-10(18)13-4-3-12(19-2)7-15(13)20-9-11-5-6-17-8-14(11)16/h3-8,10,18H,9H2,1-2H3/t10-/m0/s1. The molecule has 0 fully saturated rings. The molecule has 0 bridgehead atoms.